The highest BCUT2D eigenvalue weighted by Crippen LogP contribution is 2.16. The van der Waals surface area contributed by atoms with Crippen LogP contribution in [0.25, 0.3) is 0 Å². The summed E-state index contributed by atoms with van der Waals surface area (Å²) < 4.78 is 0. The monoisotopic (exact) mass is 399 g/mol. The van der Waals surface area contributed by atoms with Crippen LogP contribution in [0.3, 0.4) is 0 Å². The highest BCUT2D eigenvalue weighted by Gasteiger charge is 2.22. The Labute approximate surface area is 171 Å². The van der Waals surface area contributed by atoms with Gasteiger partial charge in [-0.3, -0.25) is 14.5 Å². The Morgan fingerprint density at radius 1 is 1.00 bits per heavy atom. The summed E-state index contributed by atoms with van der Waals surface area (Å²) in [6.07, 6.45) is 1.26. The van der Waals surface area contributed by atoms with Crippen LogP contribution in [0.2, 0.25) is 5.02 Å². The Morgan fingerprint density at radius 3 is 2.36 bits per heavy atom. The van der Waals surface area contributed by atoms with Crippen LogP contribution in [0.15, 0.2) is 48.5 Å². The molecule has 3 rings (SSSR count). The molecule has 0 spiro atoms. The zero-order valence-corrected chi connectivity index (χ0v) is 16.9. The smallest absolute Gasteiger partial charge is 0.238 e. The molecule has 1 aliphatic heterocycles. The van der Waals surface area contributed by atoms with E-state index in [9.17, 15) is 9.59 Å². The fourth-order valence-electron chi connectivity index (χ4n) is 3.39. The number of benzene rings is 2. The number of rotatable bonds is 6. The van der Waals surface area contributed by atoms with Crippen LogP contribution in [0, 0.1) is 0 Å². The molecular formula is C22H26ClN3O2. The van der Waals surface area contributed by atoms with E-state index in [0.29, 0.717) is 44.2 Å². The first-order valence-corrected chi connectivity index (χ1v) is 10.0. The van der Waals surface area contributed by atoms with Gasteiger partial charge in [-0.15, -0.1) is 0 Å². The lowest BCUT2D eigenvalue weighted by Crippen LogP contribution is -2.50. The number of carbonyl (C=O) groups is 2. The van der Waals surface area contributed by atoms with Crippen LogP contribution in [-0.2, 0) is 22.4 Å². The number of nitrogens with one attached hydrogen (secondary N) is 1. The molecule has 0 aromatic heterocycles. The standard InChI is InChI=1S/C22H26ClN3O2/c1-2-18-5-3-4-6-20(18)24-21(27)16-25-11-13-26(14-12-25)22(28)15-17-7-9-19(23)10-8-17/h3-10H,2,11-16H2,1H3,(H,24,27). The number of nitrogens with zero attached hydrogens (tertiary/aromatic N) is 2. The van der Waals surface area contributed by atoms with Crippen LogP contribution < -0.4 is 5.32 Å². The molecular weight excluding hydrogens is 374 g/mol. The van der Waals surface area contributed by atoms with Crippen molar-refractivity contribution in [2.24, 2.45) is 0 Å². The topological polar surface area (TPSA) is 52.7 Å². The SMILES string of the molecule is CCc1ccccc1NC(=O)CN1CCN(C(=O)Cc2ccc(Cl)cc2)CC1. The van der Waals surface area contributed by atoms with E-state index in [1.54, 1.807) is 12.1 Å². The van der Waals surface area contributed by atoms with Crippen molar-refractivity contribution < 1.29 is 9.59 Å². The maximum atomic E-state index is 12.5. The predicted molar refractivity (Wildman–Crippen MR) is 113 cm³/mol. The van der Waals surface area contributed by atoms with Gasteiger partial charge in [0.2, 0.25) is 11.8 Å². The minimum absolute atomic E-state index is 0.0122. The van der Waals surface area contributed by atoms with E-state index in [1.807, 2.05) is 41.3 Å². The van der Waals surface area contributed by atoms with Gasteiger partial charge >= 0.3 is 0 Å². The molecule has 0 bridgehead atoms. The Bertz CT molecular complexity index is 815. The molecule has 0 saturated carbocycles. The molecule has 148 valence electrons. The maximum Gasteiger partial charge on any atom is 0.238 e. The van der Waals surface area contributed by atoms with Crippen LogP contribution in [0.4, 0.5) is 5.69 Å². The Morgan fingerprint density at radius 2 is 1.68 bits per heavy atom. The van der Waals surface area contributed by atoms with Crippen molar-refractivity contribution in [3.8, 4) is 0 Å². The largest absolute Gasteiger partial charge is 0.340 e. The first-order chi connectivity index (χ1) is 13.5. The van der Waals surface area contributed by atoms with Crippen molar-refractivity contribution in [2.45, 2.75) is 19.8 Å². The van der Waals surface area contributed by atoms with Crippen LogP contribution in [0.1, 0.15) is 18.1 Å². The third-order valence-electron chi connectivity index (χ3n) is 5.03. The molecule has 1 fully saturated rings. The lowest BCUT2D eigenvalue weighted by atomic mass is 10.1. The zero-order chi connectivity index (χ0) is 19.9. The quantitative estimate of drug-likeness (QED) is 0.811. The summed E-state index contributed by atoms with van der Waals surface area (Å²) in [5.74, 6) is 0.102. The average molecular weight is 400 g/mol. The molecule has 0 aliphatic carbocycles. The number of halogens is 1. The van der Waals surface area contributed by atoms with Gasteiger partial charge in [0, 0.05) is 36.9 Å². The van der Waals surface area contributed by atoms with Gasteiger partial charge in [-0.1, -0.05) is 48.9 Å². The van der Waals surface area contributed by atoms with Crippen molar-refractivity contribution in [2.75, 3.05) is 38.0 Å². The van der Waals surface area contributed by atoms with Gasteiger partial charge in [-0.2, -0.15) is 0 Å². The molecule has 0 atom stereocenters. The highest BCUT2D eigenvalue weighted by atomic mass is 35.5. The Balaban J connectivity index is 1.45. The molecule has 6 heteroatoms. The molecule has 2 amide bonds. The minimum Gasteiger partial charge on any atom is -0.340 e. The summed E-state index contributed by atoms with van der Waals surface area (Å²) in [6.45, 7) is 5.11. The summed E-state index contributed by atoms with van der Waals surface area (Å²) in [6, 6.07) is 15.2. The number of amides is 2. The van der Waals surface area contributed by atoms with E-state index in [0.717, 1.165) is 23.2 Å². The summed E-state index contributed by atoms with van der Waals surface area (Å²) in [5.41, 5.74) is 2.98. The molecule has 0 radical (unpaired) electrons. The van der Waals surface area contributed by atoms with E-state index in [4.69, 9.17) is 11.6 Å². The summed E-state index contributed by atoms with van der Waals surface area (Å²) in [4.78, 5) is 28.8. The highest BCUT2D eigenvalue weighted by molar-refractivity contribution is 6.30. The van der Waals surface area contributed by atoms with Crippen molar-refractivity contribution in [3.05, 3.63) is 64.7 Å². The molecule has 1 N–H and O–H groups in total. The average Bonchev–Trinajstić information content (AvgIpc) is 2.70. The third kappa shape index (κ3) is 5.57. The van der Waals surface area contributed by atoms with Gasteiger partial charge in [-0.25, -0.2) is 0 Å². The molecule has 1 heterocycles. The number of para-hydroxylation sites is 1. The van der Waals surface area contributed by atoms with E-state index in [1.165, 1.54) is 0 Å². The second kappa shape index (κ2) is 9.71. The number of carbonyl (C=O) groups excluding carboxylic acids is 2. The third-order valence-corrected chi connectivity index (χ3v) is 5.29. The summed E-state index contributed by atoms with van der Waals surface area (Å²) in [5, 5.41) is 3.68. The van der Waals surface area contributed by atoms with E-state index < -0.39 is 0 Å². The normalized spacial score (nSPS) is 14.7. The van der Waals surface area contributed by atoms with Crippen molar-refractivity contribution >= 4 is 29.1 Å². The number of hydrogen-bond donors (Lipinski definition) is 1. The number of piperazine rings is 1. The first-order valence-electron chi connectivity index (χ1n) is 9.67. The Kier molecular flexibility index (Phi) is 7.06. The molecule has 5 nitrogen and oxygen atoms in total. The van der Waals surface area contributed by atoms with Gasteiger partial charge in [0.1, 0.15) is 0 Å². The number of hydrogen-bond acceptors (Lipinski definition) is 3. The van der Waals surface area contributed by atoms with Crippen LogP contribution >= 0.6 is 11.6 Å². The van der Waals surface area contributed by atoms with Gasteiger partial charge in [0.05, 0.1) is 13.0 Å². The first kappa shape index (κ1) is 20.4. The fraction of sp³-hybridized carbons (Fsp3) is 0.364. The van der Waals surface area contributed by atoms with Gasteiger partial charge in [0.25, 0.3) is 0 Å². The summed E-state index contributed by atoms with van der Waals surface area (Å²) >= 11 is 5.89. The molecule has 0 unspecified atom stereocenters. The van der Waals surface area contributed by atoms with E-state index >= 15 is 0 Å². The molecule has 28 heavy (non-hydrogen) atoms. The Hall–Kier alpha value is -2.37. The predicted octanol–water partition coefficient (Wildman–Crippen LogP) is 3.23. The van der Waals surface area contributed by atoms with E-state index in [-0.39, 0.29) is 11.8 Å². The van der Waals surface area contributed by atoms with Gasteiger partial charge in [-0.05, 0) is 35.7 Å². The van der Waals surface area contributed by atoms with Crippen molar-refractivity contribution in [3.63, 3.8) is 0 Å². The maximum absolute atomic E-state index is 12.5. The molecule has 2 aromatic rings. The van der Waals surface area contributed by atoms with Crippen molar-refractivity contribution in [1.82, 2.24) is 9.80 Å². The lowest BCUT2D eigenvalue weighted by Gasteiger charge is -2.34. The molecule has 2 aromatic carbocycles. The summed E-state index contributed by atoms with van der Waals surface area (Å²) in [7, 11) is 0. The minimum atomic E-state index is -0.0122. The molecule has 1 aliphatic rings. The fourth-order valence-corrected chi connectivity index (χ4v) is 3.51. The van der Waals surface area contributed by atoms with Crippen molar-refractivity contribution in [1.29, 1.82) is 0 Å². The molecule has 1 saturated heterocycles. The number of aryl methyl sites for hydroxylation is 1. The second-order valence-electron chi connectivity index (χ2n) is 7.02. The van der Waals surface area contributed by atoms with Gasteiger partial charge < -0.3 is 10.2 Å². The van der Waals surface area contributed by atoms with Crippen LogP contribution in [0.5, 0.6) is 0 Å². The number of anilines is 1. The lowest BCUT2D eigenvalue weighted by molar-refractivity contribution is -0.132. The second-order valence-corrected chi connectivity index (χ2v) is 7.46. The van der Waals surface area contributed by atoms with Gasteiger partial charge in [0.15, 0.2) is 0 Å². The zero-order valence-electron chi connectivity index (χ0n) is 16.2. The van der Waals surface area contributed by atoms with E-state index in [2.05, 4.69) is 17.1 Å². The van der Waals surface area contributed by atoms with Crippen LogP contribution in [-0.4, -0.2) is 54.3 Å².